The Balaban J connectivity index is 0.000000443. The van der Waals surface area contributed by atoms with Gasteiger partial charge in [-0.2, -0.15) is 0 Å². The fourth-order valence-corrected chi connectivity index (χ4v) is 2.94. The third kappa shape index (κ3) is 8.36. The summed E-state index contributed by atoms with van der Waals surface area (Å²) in [4.78, 5) is -0.806. The maximum Gasteiger partial charge on any atom is 2.00 e. The fourth-order valence-electron chi connectivity index (χ4n) is 1.75. The first-order valence-electron chi connectivity index (χ1n) is 6.32. The van der Waals surface area contributed by atoms with Crippen molar-refractivity contribution in [2.24, 2.45) is 0 Å². The number of hydrogen-bond acceptors (Lipinski definition) is 8. The first kappa shape index (κ1) is 24.1. The second kappa shape index (κ2) is 9.17. The number of benzene rings is 2. The van der Waals surface area contributed by atoms with Gasteiger partial charge < -0.3 is 19.3 Å². The summed E-state index contributed by atoms with van der Waals surface area (Å²) < 4.78 is 62.8. The predicted molar refractivity (Wildman–Crippen MR) is 87.4 cm³/mol. The van der Waals surface area contributed by atoms with Crippen molar-refractivity contribution in [3.05, 3.63) is 47.5 Å². The molecule has 0 heterocycles. The van der Waals surface area contributed by atoms with Crippen molar-refractivity contribution >= 4 is 58.0 Å². The quantitative estimate of drug-likeness (QED) is 0.541. The summed E-state index contributed by atoms with van der Waals surface area (Å²) in [6.45, 7) is 3.18. The summed E-state index contributed by atoms with van der Waals surface area (Å²) in [5.74, 6) is -0.436. The molecule has 25 heavy (non-hydrogen) atoms. The molecule has 0 saturated carbocycles. The topological polar surface area (TPSA) is 155 Å². The molecule has 0 amide bonds. The Morgan fingerprint density at radius 1 is 0.680 bits per heavy atom. The van der Waals surface area contributed by atoms with E-state index in [4.69, 9.17) is 10.2 Å². The summed E-state index contributed by atoms with van der Waals surface area (Å²) in [5, 5.41) is 17.9. The Bertz CT molecular complexity index is 833. The monoisotopic (exact) mass is 414 g/mol. The average molecular weight is 414 g/mol. The van der Waals surface area contributed by atoms with Crippen LogP contribution in [-0.4, -0.2) is 73.9 Å². The van der Waals surface area contributed by atoms with E-state index in [0.29, 0.717) is 11.1 Å². The molecule has 2 N–H and O–H groups in total. The van der Waals surface area contributed by atoms with Crippen LogP contribution in [0.1, 0.15) is 11.1 Å². The van der Waals surface area contributed by atoms with Crippen LogP contribution in [0.3, 0.4) is 0 Å². The van der Waals surface area contributed by atoms with Gasteiger partial charge in [0.25, 0.3) is 0 Å². The second-order valence-electron chi connectivity index (χ2n) is 4.92. The van der Waals surface area contributed by atoms with Crippen LogP contribution in [0.15, 0.2) is 46.2 Å². The smallest absolute Gasteiger partial charge is 0.744 e. The molecule has 0 aromatic heterocycles. The molecule has 0 aliphatic heterocycles. The van der Waals surface area contributed by atoms with Gasteiger partial charge >= 0.3 is 37.7 Å². The number of aryl methyl sites for hydroxylation is 2. The number of aromatic hydroxyl groups is 2. The molecule has 0 radical (unpaired) electrons. The van der Waals surface area contributed by atoms with Crippen LogP contribution in [0.4, 0.5) is 0 Å². The van der Waals surface area contributed by atoms with Crippen LogP contribution >= 0.6 is 0 Å². The predicted octanol–water partition coefficient (Wildman–Crippen LogP) is 0.829. The minimum absolute atomic E-state index is 0. The number of phenols is 2. The van der Waals surface area contributed by atoms with Crippen LogP contribution in [0, 0.1) is 13.8 Å². The standard InChI is InChI=1S/2C7H8O4S.Ca/c2*1-5-2-6(8)4-7(3-5)12(9,10)11;/h2*2-4,8H,1H3,(H,9,10,11);/q;;+2/p-2. The molecule has 0 bridgehead atoms. The average Bonchev–Trinajstić information content (AvgIpc) is 2.35. The molecule has 2 aromatic rings. The molecule has 2 aromatic carbocycles. The zero-order valence-electron chi connectivity index (χ0n) is 13.3. The van der Waals surface area contributed by atoms with Crippen LogP contribution in [0.5, 0.6) is 11.5 Å². The zero-order chi connectivity index (χ0) is 18.7. The van der Waals surface area contributed by atoms with Crippen LogP contribution < -0.4 is 0 Å². The van der Waals surface area contributed by atoms with Crippen molar-refractivity contribution < 1.29 is 36.2 Å². The van der Waals surface area contributed by atoms with E-state index in [1.165, 1.54) is 24.3 Å². The molecule has 0 atom stereocenters. The van der Waals surface area contributed by atoms with Gasteiger partial charge in [0.2, 0.25) is 0 Å². The molecular weight excluding hydrogens is 400 g/mol. The number of rotatable bonds is 2. The van der Waals surface area contributed by atoms with Crippen molar-refractivity contribution in [3.8, 4) is 11.5 Å². The molecule has 0 aliphatic carbocycles. The Kier molecular flexibility index (Phi) is 8.85. The van der Waals surface area contributed by atoms with Crippen molar-refractivity contribution in [1.82, 2.24) is 0 Å². The van der Waals surface area contributed by atoms with E-state index in [1.807, 2.05) is 0 Å². The van der Waals surface area contributed by atoms with Gasteiger partial charge in [0.05, 0.1) is 9.79 Å². The van der Waals surface area contributed by atoms with Crippen molar-refractivity contribution in [3.63, 3.8) is 0 Å². The number of phenolic OH excluding ortho intramolecular Hbond substituents is 2. The minimum atomic E-state index is -4.46. The third-order valence-electron chi connectivity index (χ3n) is 2.65. The zero-order valence-corrected chi connectivity index (χ0v) is 17.2. The van der Waals surface area contributed by atoms with E-state index in [-0.39, 0.29) is 49.2 Å². The number of hydrogen-bond donors (Lipinski definition) is 2. The molecule has 11 heteroatoms. The SMILES string of the molecule is Cc1cc(O)cc(S(=O)(=O)[O-])c1.Cc1cc(O)cc(S(=O)(=O)[O-])c1.[Ca+2]. The van der Waals surface area contributed by atoms with Crippen molar-refractivity contribution in [1.29, 1.82) is 0 Å². The van der Waals surface area contributed by atoms with Gasteiger partial charge in [-0.1, -0.05) is 0 Å². The normalized spacial score (nSPS) is 11.0. The Hall–Kier alpha value is -0.880. The minimum Gasteiger partial charge on any atom is -0.744 e. The molecule has 0 spiro atoms. The van der Waals surface area contributed by atoms with E-state index in [0.717, 1.165) is 12.1 Å². The Labute approximate surface area is 175 Å². The summed E-state index contributed by atoms with van der Waals surface area (Å²) in [7, 11) is -8.92. The van der Waals surface area contributed by atoms with Gasteiger partial charge in [-0.05, 0) is 61.4 Å². The summed E-state index contributed by atoms with van der Waals surface area (Å²) in [6.07, 6.45) is 0. The van der Waals surface area contributed by atoms with Crippen LogP contribution in [0.2, 0.25) is 0 Å². The summed E-state index contributed by atoms with van der Waals surface area (Å²) in [5.41, 5.74) is 1.06. The molecule has 0 aliphatic rings. The van der Waals surface area contributed by atoms with Gasteiger partial charge in [0.15, 0.2) is 0 Å². The van der Waals surface area contributed by atoms with E-state index in [1.54, 1.807) is 13.8 Å². The second-order valence-corrected chi connectivity index (χ2v) is 7.68. The van der Waals surface area contributed by atoms with Gasteiger partial charge in [-0.15, -0.1) is 0 Å². The maximum atomic E-state index is 10.5. The van der Waals surface area contributed by atoms with Crippen molar-refractivity contribution in [2.75, 3.05) is 0 Å². The first-order chi connectivity index (χ1) is 10.8. The van der Waals surface area contributed by atoms with Gasteiger partial charge in [0.1, 0.15) is 31.7 Å². The summed E-state index contributed by atoms with van der Waals surface area (Å²) in [6, 6.07) is 7.01. The largest absolute Gasteiger partial charge is 2.00 e. The third-order valence-corrected chi connectivity index (χ3v) is 4.27. The van der Waals surface area contributed by atoms with E-state index in [9.17, 15) is 25.9 Å². The van der Waals surface area contributed by atoms with Gasteiger partial charge in [0, 0.05) is 0 Å². The van der Waals surface area contributed by atoms with Gasteiger partial charge in [-0.25, -0.2) is 16.8 Å². The first-order valence-corrected chi connectivity index (χ1v) is 9.14. The van der Waals surface area contributed by atoms with Gasteiger partial charge in [-0.3, -0.25) is 0 Å². The molecule has 0 fully saturated rings. The van der Waals surface area contributed by atoms with E-state index in [2.05, 4.69) is 0 Å². The molecule has 0 saturated heterocycles. The van der Waals surface area contributed by atoms with Crippen LogP contribution in [-0.2, 0) is 20.2 Å². The van der Waals surface area contributed by atoms with E-state index >= 15 is 0 Å². The fraction of sp³-hybridized carbons (Fsp3) is 0.143. The van der Waals surface area contributed by atoms with E-state index < -0.39 is 30.0 Å². The van der Waals surface area contributed by atoms with Crippen molar-refractivity contribution in [2.45, 2.75) is 23.6 Å². The Morgan fingerprint density at radius 2 is 0.960 bits per heavy atom. The molecule has 2 rings (SSSR count). The molecule has 0 unspecified atom stereocenters. The molecule has 8 nitrogen and oxygen atoms in total. The summed E-state index contributed by atoms with van der Waals surface area (Å²) >= 11 is 0. The molecule has 132 valence electrons. The Morgan fingerprint density at radius 3 is 1.16 bits per heavy atom. The van der Waals surface area contributed by atoms with Crippen LogP contribution in [0.25, 0.3) is 0 Å². The maximum absolute atomic E-state index is 10.5. The molecular formula is C14H14CaO8S2.